The van der Waals surface area contributed by atoms with Gasteiger partial charge in [-0.3, -0.25) is 0 Å². The van der Waals surface area contributed by atoms with Gasteiger partial charge < -0.3 is 9.80 Å². The Labute approximate surface area is 163 Å². The van der Waals surface area contributed by atoms with Crippen molar-refractivity contribution in [3.05, 3.63) is 41.0 Å². The summed E-state index contributed by atoms with van der Waals surface area (Å²) in [6.45, 7) is 5.16. The van der Waals surface area contributed by atoms with E-state index in [4.69, 9.17) is 0 Å². The first-order chi connectivity index (χ1) is 13.3. The summed E-state index contributed by atoms with van der Waals surface area (Å²) in [5.41, 5.74) is 2.92. The maximum atomic E-state index is 12.8. The Morgan fingerprint density at radius 2 is 1.79 bits per heavy atom. The minimum Gasteiger partial charge on any atom is -0.351 e. The van der Waals surface area contributed by atoms with Crippen LogP contribution in [-0.4, -0.2) is 47.8 Å². The smallest absolute Gasteiger partial charge is 0.351 e. The van der Waals surface area contributed by atoms with Gasteiger partial charge in [-0.15, -0.1) is 10.2 Å². The summed E-state index contributed by atoms with van der Waals surface area (Å²) in [5.74, 6) is 0.958. The molecular weight excluding hydrogens is 365 g/mol. The maximum absolute atomic E-state index is 12.8. The lowest BCUT2D eigenvalue weighted by molar-refractivity contribution is -0.137. The first-order valence-electron chi connectivity index (χ1n) is 9.83. The third kappa shape index (κ3) is 3.60. The molecule has 3 heterocycles. The third-order valence-corrected chi connectivity index (χ3v) is 5.95. The van der Waals surface area contributed by atoms with Gasteiger partial charge in [0.15, 0.2) is 5.82 Å². The standard InChI is InChI=1S/C21H25F3N4/c1-14-18-6-4-12-28(17-5-3-11-27(2)13-17)20(18)26-25-19(14)15-7-9-16(10-8-15)21(22,23)24/h7-10,17H,3-6,11-13H2,1-2H3. The van der Waals surface area contributed by atoms with Crippen molar-refractivity contribution in [2.45, 2.75) is 44.8 Å². The minimum absolute atomic E-state index is 0.448. The summed E-state index contributed by atoms with van der Waals surface area (Å²) in [7, 11) is 2.15. The van der Waals surface area contributed by atoms with Crippen molar-refractivity contribution in [2.75, 3.05) is 31.6 Å². The van der Waals surface area contributed by atoms with Gasteiger partial charge in [0.2, 0.25) is 0 Å². The Bertz CT molecular complexity index is 848. The van der Waals surface area contributed by atoms with Gasteiger partial charge >= 0.3 is 6.18 Å². The number of piperidine rings is 1. The second-order valence-corrected chi connectivity index (χ2v) is 7.91. The summed E-state index contributed by atoms with van der Waals surface area (Å²) in [4.78, 5) is 4.75. The van der Waals surface area contributed by atoms with Crippen LogP contribution in [0.15, 0.2) is 24.3 Å². The van der Waals surface area contributed by atoms with Crippen molar-refractivity contribution < 1.29 is 13.2 Å². The molecule has 0 N–H and O–H groups in total. The van der Waals surface area contributed by atoms with Crippen LogP contribution in [0.1, 0.15) is 36.0 Å². The van der Waals surface area contributed by atoms with Crippen LogP contribution in [0.25, 0.3) is 11.3 Å². The van der Waals surface area contributed by atoms with Crippen LogP contribution >= 0.6 is 0 Å². The summed E-state index contributed by atoms with van der Waals surface area (Å²) in [6.07, 6.45) is 0.00650. The van der Waals surface area contributed by atoms with E-state index in [9.17, 15) is 13.2 Å². The van der Waals surface area contributed by atoms with Gasteiger partial charge in [-0.25, -0.2) is 0 Å². The zero-order valence-electron chi connectivity index (χ0n) is 16.3. The predicted octanol–water partition coefficient (Wildman–Crippen LogP) is 4.32. The van der Waals surface area contributed by atoms with Crippen LogP contribution in [-0.2, 0) is 12.6 Å². The second kappa shape index (κ2) is 7.35. The molecular formula is C21H25F3N4. The van der Waals surface area contributed by atoms with Crippen LogP contribution in [0.3, 0.4) is 0 Å². The Kier molecular flexibility index (Phi) is 5.04. The van der Waals surface area contributed by atoms with E-state index in [1.807, 2.05) is 6.92 Å². The number of halogens is 3. The van der Waals surface area contributed by atoms with E-state index in [2.05, 4.69) is 27.0 Å². The van der Waals surface area contributed by atoms with Crippen molar-refractivity contribution in [3.8, 4) is 11.3 Å². The molecule has 0 bridgehead atoms. The van der Waals surface area contributed by atoms with Gasteiger partial charge in [-0.2, -0.15) is 13.2 Å². The van der Waals surface area contributed by atoms with Crippen molar-refractivity contribution in [1.29, 1.82) is 0 Å². The molecule has 7 heteroatoms. The van der Waals surface area contributed by atoms with Gasteiger partial charge in [-0.05, 0) is 63.9 Å². The summed E-state index contributed by atoms with van der Waals surface area (Å²) >= 11 is 0. The molecule has 150 valence electrons. The van der Waals surface area contributed by atoms with Crippen LogP contribution in [0.4, 0.5) is 19.0 Å². The topological polar surface area (TPSA) is 32.3 Å². The lowest BCUT2D eigenvalue weighted by Crippen LogP contribution is -2.49. The van der Waals surface area contributed by atoms with Crippen LogP contribution in [0.2, 0.25) is 0 Å². The molecule has 0 aliphatic carbocycles. The fraction of sp³-hybridized carbons (Fsp3) is 0.524. The first-order valence-corrected chi connectivity index (χ1v) is 9.83. The number of hydrogen-bond donors (Lipinski definition) is 0. The molecule has 4 rings (SSSR count). The molecule has 0 amide bonds. The number of anilines is 1. The van der Waals surface area contributed by atoms with E-state index in [0.29, 0.717) is 17.3 Å². The van der Waals surface area contributed by atoms with E-state index in [1.54, 1.807) is 0 Å². The number of likely N-dealkylation sites (N-methyl/N-ethyl adjacent to an activating group) is 1. The van der Waals surface area contributed by atoms with Gasteiger partial charge in [0.1, 0.15) is 0 Å². The Hall–Kier alpha value is -2.15. The van der Waals surface area contributed by atoms with Crippen molar-refractivity contribution in [3.63, 3.8) is 0 Å². The van der Waals surface area contributed by atoms with E-state index in [0.717, 1.165) is 62.4 Å². The number of nitrogens with zero attached hydrogens (tertiary/aromatic N) is 4. The Morgan fingerprint density at radius 1 is 1.04 bits per heavy atom. The number of alkyl halides is 3. The summed E-state index contributed by atoms with van der Waals surface area (Å²) < 4.78 is 38.5. The number of benzene rings is 1. The van der Waals surface area contributed by atoms with E-state index < -0.39 is 11.7 Å². The lowest BCUT2D eigenvalue weighted by Gasteiger charge is -2.41. The fourth-order valence-corrected chi connectivity index (χ4v) is 4.45. The number of aromatic nitrogens is 2. The number of rotatable bonds is 2. The van der Waals surface area contributed by atoms with Crippen LogP contribution in [0, 0.1) is 6.92 Å². The molecule has 4 nitrogen and oxygen atoms in total. The summed E-state index contributed by atoms with van der Waals surface area (Å²) in [6, 6.07) is 5.65. The molecule has 1 unspecified atom stereocenters. The van der Waals surface area contributed by atoms with Crippen molar-refractivity contribution in [1.82, 2.24) is 15.1 Å². The number of fused-ring (bicyclic) bond motifs is 1. The molecule has 0 radical (unpaired) electrons. The van der Waals surface area contributed by atoms with E-state index in [-0.39, 0.29) is 0 Å². The number of hydrogen-bond acceptors (Lipinski definition) is 4. The minimum atomic E-state index is -4.33. The quantitative estimate of drug-likeness (QED) is 0.765. The first kappa shape index (κ1) is 19.2. The van der Waals surface area contributed by atoms with Gasteiger partial charge in [0, 0.05) is 30.3 Å². The molecule has 2 aliphatic rings. The van der Waals surface area contributed by atoms with Gasteiger partial charge in [0.05, 0.1) is 11.3 Å². The zero-order chi connectivity index (χ0) is 19.9. The predicted molar refractivity (Wildman–Crippen MR) is 103 cm³/mol. The van der Waals surface area contributed by atoms with E-state index in [1.165, 1.54) is 24.1 Å². The molecule has 1 aromatic heterocycles. The third-order valence-electron chi connectivity index (χ3n) is 5.95. The Balaban J connectivity index is 1.66. The zero-order valence-corrected chi connectivity index (χ0v) is 16.3. The highest BCUT2D eigenvalue weighted by Gasteiger charge is 2.32. The van der Waals surface area contributed by atoms with Crippen LogP contribution < -0.4 is 4.90 Å². The van der Waals surface area contributed by atoms with E-state index >= 15 is 0 Å². The average molecular weight is 390 g/mol. The number of likely N-dealkylation sites (tertiary alicyclic amines) is 1. The summed E-state index contributed by atoms with van der Waals surface area (Å²) in [5, 5.41) is 8.98. The molecule has 1 fully saturated rings. The van der Waals surface area contributed by atoms with Crippen molar-refractivity contribution in [2.24, 2.45) is 0 Å². The lowest BCUT2D eigenvalue weighted by atomic mass is 9.94. The van der Waals surface area contributed by atoms with Crippen LogP contribution in [0.5, 0.6) is 0 Å². The SMILES string of the molecule is Cc1c(-c2ccc(C(F)(F)F)cc2)nnc2c1CCCN2C1CCCN(C)C1. The second-order valence-electron chi connectivity index (χ2n) is 7.91. The Morgan fingerprint density at radius 3 is 2.46 bits per heavy atom. The molecule has 28 heavy (non-hydrogen) atoms. The highest BCUT2D eigenvalue weighted by Crippen LogP contribution is 2.35. The highest BCUT2D eigenvalue weighted by atomic mass is 19.4. The maximum Gasteiger partial charge on any atom is 0.416 e. The molecule has 2 aliphatic heterocycles. The van der Waals surface area contributed by atoms with Crippen molar-refractivity contribution >= 4 is 5.82 Å². The average Bonchev–Trinajstić information content (AvgIpc) is 2.67. The van der Waals surface area contributed by atoms with Gasteiger partial charge in [0.25, 0.3) is 0 Å². The molecule has 1 atom stereocenters. The molecule has 1 saturated heterocycles. The molecule has 0 spiro atoms. The normalized spacial score (nSPS) is 20.9. The molecule has 2 aromatic rings. The fourth-order valence-electron chi connectivity index (χ4n) is 4.45. The van der Waals surface area contributed by atoms with Gasteiger partial charge in [-0.1, -0.05) is 12.1 Å². The molecule has 1 aromatic carbocycles. The molecule has 0 saturated carbocycles. The monoisotopic (exact) mass is 390 g/mol. The largest absolute Gasteiger partial charge is 0.416 e. The highest BCUT2D eigenvalue weighted by molar-refractivity contribution is 5.68.